The van der Waals surface area contributed by atoms with Crippen molar-refractivity contribution in [1.82, 2.24) is 10.2 Å². The van der Waals surface area contributed by atoms with Gasteiger partial charge in [-0.15, -0.1) is 10.2 Å². The van der Waals surface area contributed by atoms with Crippen molar-refractivity contribution in [2.75, 3.05) is 11.9 Å². The molecule has 0 saturated carbocycles. The molecule has 0 aliphatic rings. The van der Waals surface area contributed by atoms with Crippen molar-refractivity contribution in [3.05, 3.63) is 36.0 Å². The molecule has 0 aliphatic carbocycles. The Bertz CT molecular complexity index is 465. The molecule has 0 fully saturated rings. The van der Waals surface area contributed by atoms with Gasteiger partial charge >= 0.3 is 0 Å². The molecule has 2 rings (SSSR count). The average Bonchev–Trinajstić information content (AvgIpc) is 2.75. The Kier molecular flexibility index (Phi) is 3.59. The first kappa shape index (κ1) is 11.4. The van der Waals surface area contributed by atoms with E-state index in [4.69, 9.17) is 9.15 Å². The van der Waals surface area contributed by atoms with Crippen molar-refractivity contribution in [3.8, 4) is 5.75 Å². The first-order chi connectivity index (χ1) is 8.28. The number of benzene rings is 1. The molecule has 90 valence electrons. The van der Waals surface area contributed by atoms with Crippen LogP contribution in [0.3, 0.4) is 0 Å². The first-order valence-corrected chi connectivity index (χ1v) is 5.53. The second-order valence-electron chi connectivity index (χ2n) is 3.53. The molecule has 2 aromatic rings. The van der Waals surface area contributed by atoms with E-state index in [0.717, 1.165) is 11.4 Å². The van der Waals surface area contributed by atoms with E-state index in [-0.39, 0.29) is 0 Å². The minimum Gasteiger partial charge on any atom is -0.494 e. The third-order valence-electron chi connectivity index (χ3n) is 2.18. The van der Waals surface area contributed by atoms with Crippen molar-refractivity contribution in [3.63, 3.8) is 0 Å². The summed E-state index contributed by atoms with van der Waals surface area (Å²) in [5.41, 5.74) is 0.990. The van der Waals surface area contributed by atoms with Crippen molar-refractivity contribution in [2.24, 2.45) is 0 Å². The van der Waals surface area contributed by atoms with Crippen molar-refractivity contribution >= 4 is 5.69 Å². The predicted octanol–water partition coefficient (Wildman–Crippen LogP) is 2.39. The van der Waals surface area contributed by atoms with Gasteiger partial charge in [-0.25, -0.2) is 0 Å². The summed E-state index contributed by atoms with van der Waals surface area (Å²) in [4.78, 5) is 0. The van der Waals surface area contributed by atoms with Gasteiger partial charge in [0.25, 0.3) is 0 Å². The molecule has 0 atom stereocenters. The van der Waals surface area contributed by atoms with Crippen molar-refractivity contribution in [2.45, 2.75) is 20.4 Å². The van der Waals surface area contributed by atoms with Gasteiger partial charge in [0, 0.05) is 12.6 Å². The van der Waals surface area contributed by atoms with Crippen LogP contribution in [-0.2, 0) is 6.54 Å². The molecule has 0 aliphatic heterocycles. The van der Waals surface area contributed by atoms with E-state index < -0.39 is 0 Å². The lowest BCUT2D eigenvalue weighted by molar-refractivity contribution is 0.340. The standard InChI is InChI=1S/C12H15N3O2/c1-3-16-11-6-4-10(5-7-11)13-8-12-15-14-9(2)17-12/h4-7,13H,3,8H2,1-2H3. The quantitative estimate of drug-likeness (QED) is 0.859. The number of hydrogen-bond acceptors (Lipinski definition) is 5. The van der Waals surface area contributed by atoms with Crippen molar-refractivity contribution < 1.29 is 9.15 Å². The van der Waals surface area contributed by atoms with E-state index in [0.29, 0.717) is 24.9 Å². The van der Waals surface area contributed by atoms with Gasteiger partial charge in [0.05, 0.1) is 13.2 Å². The van der Waals surface area contributed by atoms with Crippen LogP contribution in [0.25, 0.3) is 0 Å². The Morgan fingerprint density at radius 1 is 1.24 bits per heavy atom. The van der Waals surface area contributed by atoms with Crippen LogP contribution in [0.15, 0.2) is 28.7 Å². The van der Waals surface area contributed by atoms with E-state index in [1.165, 1.54) is 0 Å². The summed E-state index contributed by atoms with van der Waals surface area (Å²) in [7, 11) is 0. The fraction of sp³-hybridized carbons (Fsp3) is 0.333. The molecule has 1 aromatic carbocycles. The Labute approximate surface area is 99.8 Å². The number of aromatic nitrogens is 2. The molecule has 1 aromatic heterocycles. The average molecular weight is 233 g/mol. The Morgan fingerprint density at radius 3 is 2.59 bits per heavy atom. The Balaban J connectivity index is 1.90. The zero-order chi connectivity index (χ0) is 12.1. The SMILES string of the molecule is CCOc1ccc(NCc2nnc(C)o2)cc1. The smallest absolute Gasteiger partial charge is 0.235 e. The number of ether oxygens (including phenoxy) is 1. The molecule has 0 unspecified atom stereocenters. The molecular formula is C12H15N3O2. The van der Waals surface area contributed by atoms with Crippen LogP contribution >= 0.6 is 0 Å². The molecule has 1 heterocycles. The highest BCUT2D eigenvalue weighted by molar-refractivity contribution is 5.46. The predicted molar refractivity (Wildman–Crippen MR) is 64.0 cm³/mol. The molecule has 5 heteroatoms. The molecule has 0 bridgehead atoms. The van der Waals surface area contributed by atoms with Gasteiger partial charge in [-0.05, 0) is 31.2 Å². The van der Waals surface area contributed by atoms with Crippen LogP contribution in [0, 0.1) is 6.92 Å². The zero-order valence-corrected chi connectivity index (χ0v) is 9.93. The van der Waals surface area contributed by atoms with Gasteiger partial charge in [0.2, 0.25) is 11.8 Å². The second kappa shape index (κ2) is 5.34. The van der Waals surface area contributed by atoms with Crippen LogP contribution in [0.5, 0.6) is 5.75 Å². The minimum absolute atomic E-state index is 0.523. The molecule has 0 amide bonds. The third kappa shape index (κ3) is 3.21. The van der Waals surface area contributed by atoms with E-state index in [9.17, 15) is 0 Å². The normalized spacial score (nSPS) is 10.2. The number of nitrogens with one attached hydrogen (secondary N) is 1. The molecule has 1 N–H and O–H groups in total. The first-order valence-electron chi connectivity index (χ1n) is 5.53. The lowest BCUT2D eigenvalue weighted by atomic mass is 10.3. The van der Waals surface area contributed by atoms with Gasteiger partial charge < -0.3 is 14.5 Å². The fourth-order valence-corrected chi connectivity index (χ4v) is 1.42. The maximum atomic E-state index is 5.36. The molecule has 0 saturated heterocycles. The minimum atomic E-state index is 0.523. The number of rotatable bonds is 5. The maximum absolute atomic E-state index is 5.36. The maximum Gasteiger partial charge on any atom is 0.235 e. The lowest BCUT2D eigenvalue weighted by Crippen LogP contribution is -1.99. The second-order valence-corrected chi connectivity index (χ2v) is 3.53. The van der Waals surface area contributed by atoms with Crippen molar-refractivity contribution in [1.29, 1.82) is 0 Å². The molecular weight excluding hydrogens is 218 g/mol. The summed E-state index contributed by atoms with van der Waals surface area (Å²) >= 11 is 0. The number of hydrogen-bond donors (Lipinski definition) is 1. The number of aryl methyl sites for hydroxylation is 1. The van der Waals surface area contributed by atoms with E-state index in [2.05, 4.69) is 15.5 Å². The van der Waals surface area contributed by atoms with Gasteiger partial charge in [-0.3, -0.25) is 0 Å². The fourth-order valence-electron chi connectivity index (χ4n) is 1.42. The van der Waals surface area contributed by atoms with Gasteiger partial charge in [0.15, 0.2) is 0 Å². The summed E-state index contributed by atoms with van der Waals surface area (Å²) in [5, 5.41) is 10.9. The Hall–Kier alpha value is -2.04. The highest BCUT2D eigenvalue weighted by atomic mass is 16.5. The van der Waals surface area contributed by atoms with Crippen LogP contribution < -0.4 is 10.1 Å². The summed E-state index contributed by atoms with van der Waals surface area (Å²) < 4.78 is 10.6. The molecule has 5 nitrogen and oxygen atoms in total. The van der Waals surface area contributed by atoms with Crippen LogP contribution in [0.2, 0.25) is 0 Å². The molecule has 17 heavy (non-hydrogen) atoms. The van der Waals surface area contributed by atoms with Gasteiger partial charge in [0.1, 0.15) is 5.75 Å². The highest BCUT2D eigenvalue weighted by Gasteiger charge is 2.01. The Morgan fingerprint density at radius 2 is 2.00 bits per heavy atom. The summed E-state index contributed by atoms with van der Waals surface area (Å²) in [6, 6.07) is 7.75. The molecule has 0 spiro atoms. The van der Waals surface area contributed by atoms with E-state index >= 15 is 0 Å². The zero-order valence-electron chi connectivity index (χ0n) is 9.93. The largest absolute Gasteiger partial charge is 0.494 e. The highest BCUT2D eigenvalue weighted by Crippen LogP contribution is 2.16. The lowest BCUT2D eigenvalue weighted by Gasteiger charge is -2.05. The number of anilines is 1. The summed E-state index contributed by atoms with van der Waals surface area (Å²) in [6.45, 7) is 4.93. The van der Waals surface area contributed by atoms with E-state index in [1.807, 2.05) is 31.2 Å². The summed E-state index contributed by atoms with van der Waals surface area (Å²) in [5.74, 6) is 2.02. The van der Waals surface area contributed by atoms with Crippen LogP contribution in [-0.4, -0.2) is 16.8 Å². The topological polar surface area (TPSA) is 60.2 Å². The third-order valence-corrected chi connectivity index (χ3v) is 2.18. The van der Waals surface area contributed by atoms with Crippen LogP contribution in [0.4, 0.5) is 5.69 Å². The van der Waals surface area contributed by atoms with Gasteiger partial charge in [-0.2, -0.15) is 0 Å². The number of nitrogens with zero attached hydrogens (tertiary/aromatic N) is 2. The van der Waals surface area contributed by atoms with Gasteiger partial charge in [-0.1, -0.05) is 0 Å². The molecule has 0 radical (unpaired) electrons. The monoisotopic (exact) mass is 233 g/mol. The van der Waals surface area contributed by atoms with Crippen LogP contribution in [0.1, 0.15) is 18.7 Å². The van der Waals surface area contributed by atoms with E-state index in [1.54, 1.807) is 6.92 Å². The summed E-state index contributed by atoms with van der Waals surface area (Å²) in [6.07, 6.45) is 0.